The lowest BCUT2D eigenvalue weighted by Crippen LogP contribution is -2.17. The van der Waals surface area contributed by atoms with Gasteiger partial charge in [-0.3, -0.25) is 0 Å². The molecular formula is C56H51NOS. The monoisotopic (exact) mass is 785 g/mol. The van der Waals surface area contributed by atoms with Crippen LogP contribution < -0.4 is 4.90 Å². The van der Waals surface area contributed by atoms with Crippen molar-refractivity contribution in [3.63, 3.8) is 0 Å². The fourth-order valence-electron chi connectivity index (χ4n) is 10.5. The number of furan rings is 1. The van der Waals surface area contributed by atoms with Crippen LogP contribution in [0.5, 0.6) is 0 Å². The van der Waals surface area contributed by atoms with Gasteiger partial charge in [0.05, 0.1) is 5.69 Å². The van der Waals surface area contributed by atoms with E-state index in [2.05, 4.69) is 202 Å². The summed E-state index contributed by atoms with van der Waals surface area (Å²) in [4.78, 5) is 2.50. The molecule has 2 aliphatic carbocycles. The Balaban J connectivity index is 1.18. The van der Waals surface area contributed by atoms with Gasteiger partial charge in [-0.1, -0.05) is 148 Å². The zero-order chi connectivity index (χ0) is 41.0. The zero-order valence-electron chi connectivity index (χ0n) is 35.9. The third kappa shape index (κ3) is 5.10. The molecule has 9 aromatic rings. The van der Waals surface area contributed by atoms with Crippen molar-refractivity contribution in [2.75, 3.05) is 4.90 Å². The summed E-state index contributed by atoms with van der Waals surface area (Å²) >= 11 is 2.00. The van der Waals surface area contributed by atoms with Crippen LogP contribution in [0.1, 0.15) is 103 Å². The van der Waals surface area contributed by atoms with Crippen molar-refractivity contribution < 1.29 is 4.42 Å². The number of rotatable bonds is 3. The van der Waals surface area contributed by atoms with Gasteiger partial charge in [0, 0.05) is 64.8 Å². The van der Waals surface area contributed by atoms with Crippen LogP contribution in [0.2, 0.25) is 0 Å². The fraction of sp³-hybridized carbons (Fsp3) is 0.250. The third-order valence-electron chi connectivity index (χ3n) is 13.7. The van der Waals surface area contributed by atoms with Gasteiger partial charge in [0.2, 0.25) is 0 Å². The molecular weight excluding hydrogens is 735 g/mol. The summed E-state index contributed by atoms with van der Waals surface area (Å²) in [6, 6.07) is 48.0. The van der Waals surface area contributed by atoms with Gasteiger partial charge in [0.25, 0.3) is 0 Å². The van der Waals surface area contributed by atoms with Gasteiger partial charge in [-0.2, -0.15) is 0 Å². The minimum absolute atomic E-state index is 0.0163. The Bertz CT molecular complexity index is 3240. The Morgan fingerprint density at radius 3 is 1.95 bits per heavy atom. The summed E-state index contributed by atoms with van der Waals surface area (Å²) in [5, 5.41) is 5.04. The normalized spacial score (nSPS) is 15.2. The van der Waals surface area contributed by atoms with Crippen LogP contribution in [0.15, 0.2) is 132 Å². The van der Waals surface area contributed by atoms with Crippen LogP contribution in [0.25, 0.3) is 64.4 Å². The van der Waals surface area contributed by atoms with Crippen LogP contribution in [-0.4, -0.2) is 0 Å². The highest BCUT2D eigenvalue weighted by molar-refractivity contribution is 7.26. The summed E-state index contributed by atoms with van der Waals surface area (Å²) in [5.74, 6) is 0. The van der Waals surface area contributed by atoms with Gasteiger partial charge < -0.3 is 9.32 Å². The minimum Gasteiger partial charge on any atom is -0.456 e. The smallest absolute Gasteiger partial charge is 0.137 e. The van der Waals surface area contributed by atoms with E-state index in [9.17, 15) is 0 Å². The number of benzene rings is 7. The topological polar surface area (TPSA) is 16.4 Å². The first-order chi connectivity index (χ1) is 28.0. The fourth-order valence-corrected chi connectivity index (χ4v) is 12.3. The molecule has 0 amide bonds. The standard InChI is InChI=1S/C56H51NOS/c1-53(2,3)32-28-41-39-26-27-40-49-43(56(9,10)50(40)52(39)59-51(41)45(29-32)54(4,5)6)19-15-20-46(49)57(34-23-25-38-37-17-12-14-21-47(37)58-48(38)31-34)33-22-24-36-35-16-11-13-18-42(35)55(7,8)44(36)30-33/h11-31H,1-10H3. The van der Waals surface area contributed by atoms with Gasteiger partial charge in [0.1, 0.15) is 11.2 Å². The van der Waals surface area contributed by atoms with Gasteiger partial charge in [-0.05, 0) is 103 Å². The molecule has 2 aliphatic rings. The van der Waals surface area contributed by atoms with E-state index >= 15 is 0 Å². The molecule has 11 rings (SSSR count). The first kappa shape index (κ1) is 36.4. The number of thiophene rings is 1. The molecule has 0 saturated heterocycles. The minimum atomic E-state index is -0.217. The maximum absolute atomic E-state index is 6.56. The maximum atomic E-state index is 6.56. The molecule has 0 radical (unpaired) electrons. The van der Waals surface area contributed by atoms with E-state index in [0.29, 0.717) is 0 Å². The average Bonchev–Trinajstić information content (AvgIpc) is 3.89. The van der Waals surface area contributed by atoms with Crippen LogP contribution in [0.4, 0.5) is 17.1 Å². The molecule has 59 heavy (non-hydrogen) atoms. The van der Waals surface area contributed by atoms with Crippen molar-refractivity contribution in [1.29, 1.82) is 0 Å². The molecule has 2 heterocycles. The summed E-state index contributed by atoms with van der Waals surface area (Å²) in [6.07, 6.45) is 0. The molecule has 3 heteroatoms. The lowest BCUT2D eigenvalue weighted by atomic mass is 9.79. The van der Waals surface area contributed by atoms with Crippen molar-refractivity contribution in [2.45, 2.75) is 90.9 Å². The quantitative estimate of drug-likeness (QED) is 0.177. The van der Waals surface area contributed by atoms with Crippen molar-refractivity contribution in [3.8, 4) is 22.3 Å². The van der Waals surface area contributed by atoms with E-state index in [1.54, 1.807) is 0 Å². The van der Waals surface area contributed by atoms with E-state index < -0.39 is 0 Å². The number of fused-ring (bicyclic) bond motifs is 13. The molecule has 2 aromatic heterocycles. The zero-order valence-corrected chi connectivity index (χ0v) is 36.7. The van der Waals surface area contributed by atoms with Crippen molar-refractivity contribution >= 4 is 70.5 Å². The van der Waals surface area contributed by atoms with Crippen LogP contribution in [-0.2, 0) is 21.7 Å². The molecule has 0 fully saturated rings. The largest absolute Gasteiger partial charge is 0.456 e. The molecule has 292 valence electrons. The molecule has 7 aromatic carbocycles. The molecule has 0 spiro atoms. The average molecular weight is 786 g/mol. The van der Waals surface area contributed by atoms with Gasteiger partial charge in [-0.25, -0.2) is 0 Å². The number of nitrogens with zero attached hydrogens (tertiary/aromatic N) is 1. The number of hydrogen-bond acceptors (Lipinski definition) is 3. The second kappa shape index (κ2) is 12.0. The third-order valence-corrected chi connectivity index (χ3v) is 15.0. The molecule has 0 N–H and O–H groups in total. The highest BCUT2D eigenvalue weighted by Crippen LogP contribution is 2.59. The van der Waals surface area contributed by atoms with Gasteiger partial charge >= 0.3 is 0 Å². The Morgan fingerprint density at radius 1 is 0.492 bits per heavy atom. The predicted octanol–water partition coefficient (Wildman–Crippen LogP) is 16.6. The Morgan fingerprint density at radius 2 is 1.15 bits per heavy atom. The molecule has 0 atom stereocenters. The van der Waals surface area contributed by atoms with E-state index in [1.807, 2.05) is 11.3 Å². The lowest BCUT2D eigenvalue weighted by Gasteiger charge is -2.30. The summed E-state index contributed by atoms with van der Waals surface area (Å²) in [6.45, 7) is 23.7. The summed E-state index contributed by atoms with van der Waals surface area (Å²) < 4.78 is 9.39. The molecule has 0 aliphatic heterocycles. The maximum Gasteiger partial charge on any atom is 0.137 e. The second-order valence-electron chi connectivity index (χ2n) is 20.2. The number of anilines is 3. The van der Waals surface area contributed by atoms with Crippen LogP contribution in [0, 0.1) is 0 Å². The highest BCUT2D eigenvalue weighted by atomic mass is 32.1. The molecule has 0 saturated carbocycles. The van der Waals surface area contributed by atoms with Crippen molar-refractivity contribution in [2.24, 2.45) is 0 Å². The van der Waals surface area contributed by atoms with Gasteiger partial charge in [0.15, 0.2) is 0 Å². The molecule has 2 nitrogen and oxygen atoms in total. The Kier molecular flexibility index (Phi) is 7.40. The van der Waals surface area contributed by atoms with E-state index in [-0.39, 0.29) is 21.7 Å². The summed E-state index contributed by atoms with van der Waals surface area (Å²) in [5.41, 5.74) is 18.6. The SMILES string of the molecule is CC(C)(C)c1cc(C(C)(C)C)c2sc3c4c(ccc3c2c1)-c1c(N(c2ccc3c(c2)C(C)(C)c2ccccc2-3)c2ccc3c(c2)oc2ccccc23)cccc1C4(C)C. The van der Waals surface area contributed by atoms with Gasteiger partial charge in [-0.15, -0.1) is 11.3 Å². The lowest BCUT2D eigenvalue weighted by molar-refractivity contribution is 0.573. The molecule has 0 unspecified atom stereocenters. The Hall–Kier alpha value is -5.64. The highest BCUT2D eigenvalue weighted by Gasteiger charge is 2.41. The first-order valence-corrected chi connectivity index (χ1v) is 22.0. The summed E-state index contributed by atoms with van der Waals surface area (Å²) in [7, 11) is 0. The van der Waals surface area contributed by atoms with E-state index in [0.717, 1.165) is 33.3 Å². The van der Waals surface area contributed by atoms with Crippen molar-refractivity contribution in [1.82, 2.24) is 0 Å². The Labute approximate surface area is 352 Å². The first-order valence-electron chi connectivity index (χ1n) is 21.2. The van der Waals surface area contributed by atoms with Crippen LogP contribution >= 0.6 is 11.3 Å². The second-order valence-corrected chi connectivity index (χ2v) is 21.2. The number of hydrogen-bond donors (Lipinski definition) is 0. The van der Waals surface area contributed by atoms with E-state index in [4.69, 9.17) is 4.42 Å². The van der Waals surface area contributed by atoms with Crippen LogP contribution in [0.3, 0.4) is 0 Å². The predicted molar refractivity (Wildman–Crippen MR) is 254 cm³/mol. The molecule has 0 bridgehead atoms. The van der Waals surface area contributed by atoms with Crippen molar-refractivity contribution in [3.05, 3.63) is 161 Å². The number of para-hydroxylation sites is 1. The van der Waals surface area contributed by atoms with E-state index in [1.165, 1.54) is 81.5 Å².